The number of carboxylic acid groups (broad SMARTS) is 1. The standard InChI is InChI=1S/C19H20N2O2/c1-12-4-8-17-20-19(15-6-5-13(2)14(3)10-15)16(21(17)11-12)7-9-18(22)23/h4-6,8,10-11H,7,9H2,1-3H3,(H,22,23). The molecule has 1 N–H and O–H groups in total. The number of carbonyl (C=O) groups is 1. The molecule has 0 atom stereocenters. The van der Waals surface area contributed by atoms with Gasteiger partial charge in [-0.1, -0.05) is 18.2 Å². The lowest BCUT2D eigenvalue weighted by atomic mass is 10.0. The van der Waals surface area contributed by atoms with E-state index in [1.807, 2.05) is 29.7 Å². The van der Waals surface area contributed by atoms with Crippen molar-refractivity contribution < 1.29 is 9.90 Å². The van der Waals surface area contributed by atoms with Gasteiger partial charge in [-0.05, 0) is 49.6 Å². The van der Waals surface area contributed by atoms with Crippen molar-refractivity contribution in [1.29, 1.82) is 0 Å². The van der Waals surface area contributed by atoms with Crippen molar-refractivity contribution in [2.24, 2.45) is 0 Å². The summed E-state index contributed by atoms with van der Waals surface area (Å²) in [5, 5.41) is 9.05. The van der Waals surface area contributed by atoms with Crippen LogP contribution in [-0.2, 0) is 11.2 Å². The van der Waals surface area contributed by atoms with E-state index in [0.717, 1.165) is 28.2 Å². The van der Waals surface area contributed by atoms with Crippen molar-refractivity contribution in [2.75, 3.05) is 0 Å². The van der Waals surface area contributed by atoms with Crippen molar-refractivity contribution in [1.82, 2.24) is 9.38 Å². The normalized spacial score (nSPS) is 11.1. The van der Waals surface area contributed by atoms with Gasteiger partial charge in [0.05, 0.1) is 17.8 Å². The molecule has 0 spiro atoms. The monoisotopic (exact) mass is 308 g/mol. The number of carboxylic acids is 1. The van der Waals surface area contributed by atoms with Crippen LogP contribution < -0.4 is 0 Å². The van der Waals surface area contributed by atoms with Crippen molar-refractivity contribution >= 4 is 11.6 Å². The summed E-state index contributed by atoms with van der Waals surface area (Å²) in [6.45, 7) is 6.18. The molecule has 0 unspecified atom stereocenters. The third-order valence-electron chi connectivity index (χ3n) is 4.22. The van der Waals surface area contributed by atoms with Gasteiger partial charge in [0.2, 0.25) is 0 Å². The highest BCUT2D eigenvalue weighted by atomic mass is 16.4. The SMILES string of the molecule is Cc1ccc2nc(-c3ccc(C)c(C)c3)c(CCC(=O)O)n2c1. The molecule has 4 nitrogen and oxygen atoms in total. The molecule has 0 aliphatic carbocycles. The molecule has 0 fully saturated rings. The van der Waals surface area contributed by atoms with Crippen LogP contribution in [0, 0.1) is 20.8 Å². The highest BCUT2D eigenvalue weighted by Crippen LogP contribution is 2.27. The van der Waals surface area contributed by atoms with E-state index in [4.69, 9.17) is 10.1 Å². The molecule has 0 saturated heterocycles. The summed E-state index contributed by atoms with van der Waals surface area (Å²) in [5.74, 6) is -0.793. The number of hydrogen-bond acceptors (Lipinski definition) is 2. The molecule has 23 heavy (non-hydrogen) atoms. The van der Waals surface area contributed by atoms with Gasteiger partial charge in [0.1, 0.15) is 5.65 Å². The number of pyridine rings is 1. The van der Waals surface area contributed by atoms with E-state index < -0.39 is 5.97 Å². The maximum Gasteiger partial charge on any atom is 0.303 e. The molecule has 118 valence electrons. The van der Waals surface area contributed by atoms with Gasteiger partial charge in [0.25, 0.3) is 0 Å². The summed E-state index contributed by atoms with van der Waals surface area (Å²) in [6, 6.07) is 10.3. The summed E-state index contributed by atoms with van der Waals surface area (Å²) >= 11 is 0. The number of aromatic nitrogens is 2. The van der Waals surface area contributed by atoms with E-state index in [9.17, 15) is 4.79 Å². The van der Waals surface area contributed by atoms with E-state index in [1.165, 1.54) is 11.1 Å². The van der Waals surface area contributed by atoms with Crippen LogP contribution in [0.4, 0.5) is 0 Å². The van der Waals surface area contributed by atoms with Crippen molar-refractivity contribution in [3.8, 4) is 11.3 Å². The lowest BCUT2D eigenvalue weighted by Gasteiger charge is -2.07. The molecule has 3 aromatic rings. The lowest BCUT2D eigenvalue weighted by Crippen LogP contribution is -2.02. The molecular formula is C19H20N2O2. The molecule has 0 aliphatic rings. The largest absolute Gasteiger partial charge is 0.481 e. The Balaban J connectivity index is 2.19. The van der Waals surface area contributed by atoms with Gasteiger partial charge >= 0.3 is 5.97 Å². The number of imidazole rings is 1. The molecule has 2 heterocycles. The molecule has 4 heteroatoms. The number of aliphatic carboxylic acids is 1. The molecule has 0 aliphatic heterocycles. The minimum Gasteiger partial charge on any atom is -0.481 e. The van der Waals surface area contributed by atoms with Crippen LogP contribution in [0.25, 0.3) is 16.9 Å². The highest BCUT2D eigenvalue weighted by molar-refractivity contribution is 5.70. The average Bonchev–Trinajstić information content (AvgIpc) is 2.85. The second kappa shape index (κ2) is 5.88. The maximum absolute atomic E-state index is 11.0. The number of aryl methyl sites for hydroxylation is 4. The van der Waals surface area contributed by atoms with E-state index in [-0.39, 0.29) is 6.42 Å². The van der Waals surface area contributed by atoms with Gasteiger partial charge < -0.3 is 9.51 Å². The van der Waals surface area contributed by atoms with Gasteiger partial charge in [0.15, 0.2) is 0 Å². The summed E-state index contributed by atoms with van der Waals surface area (Å²) in [7, 11) is 0. The summed E-state index contributed by atoms with van der Waals surface area (Å²) in [6.07, 6.45) is 2.58. The smallest absolute Gasteiger partial charge is 0.303 e. The minimum absolute atomic E-state index is 0.0968. The number of hydrogen-bond donors (Lipinski definition) is 1. The molecule has 2 aromatic heterocycles. The van der Waals surface area contributed by atoms with Crippen molar-refractivity contribution in [3.05, 3.63) is 58.9 Å². The van der Waals surface area contributed by atoms with Gasteiger partial charge in [0, 0.05) is 18.2 Å². The zero-order chi connectivity index (χ0) is 16.6. The third kappa shape index (κ3) is 2.97. The Kier molecular flexibility index (Phi) is 3.90. The third-order valence-corrected chi connectivity index (χ3v) is 4.22. The zero-order valence-corrected chi connectivity index (χ0v) is 13.6. The second-order valence-corrected chi connectivity index (χ2v) is 6.03. The first-order valence-electron chi connectivity index (χ1n) is 7.72. The van der Waals surface area contributed by atoms with Gasteiger partial charge in [-0.25, -0.2) is 4.98 Å². The maximum atomic E-state index is 11.0. The summed E-state index contributed by atoms with van der Waals surface area (Å²) in [4.78, 5) is 15.8. The fraction of sp³-hybridized carbons (Fsp3) is 0.263. The van der Waals surface area contributed by atoms with E-state index in [2.05, 4.69) is 32.0 Å². The van der Waals surface area contributed by atoms with E-state index >= 15 is 0 Å². The Morgan fingerprint density at radius 2 is 1.91 bits per heavy atom. The van der Waals surface area contributed by atoms with Gasteiger partial charge in [-0.15, -0.1) is 0 Å². The number of nitrogens with zero attached hydrogens (tertiary/aromatic N) is 2. The van der Waals surface area contributed by atoms with Crippen LogP contribution in [0.5, 0.6) is 0 Å². The molecule has 1 aromatic carbocycles. The Labute approximate surface area is 135 Å². The topological polar surface area (TPSA) is 54.6 Å². The molecule has 0 amide bonds. The summed E-state index contributed by atoms with van der Waals surface area (Å²) in [5.41, 5.74) is 7.28. The lowest BCUT2D eigenvalue weighted by molar-refractivity contribution is -0.136. The summed E-state index contributed by atoms with van der Waals surface area (Å²) < 4.78 is 2.02. The number of rotatable bonds is 4. The fourth-order valence-electron chi connectivity index (χ4n) is 2.78. The van der Waals surface area contributed by atoms with Crippen LogP contribution in [0.2, 0.25) is 0 Å². The van der Waals surface area contributed by atoms with Crippen LogP contribution in [0.3, 0.4) is 0 Å². The Morgan fingerprint density at radius 1 is 1.13 bits per heavy atom. The zero-order valence-electron chi connectivity index (χ0n) is 13.6. The quantitative estimate of drug-likeness (QED) is 0.794. The Bertz CT molecular complexity index is 894. The molecule has 0 saturated carbocycles. The van der Waals surface area contributed by atoms with E-state index in [1.54, 1.807) is 0 Å². The first-order chi connectivity index (χ1) is 11.0. The van der Waals surface area contributed by atoms with Crippen LogP contribution >= 0.6 is 0 Å². The second-order valence-electron chi connectivity index (χ2n) is 6.03. The van der Waals surface area contributed by atoms with Crippen LogP contribution in [0.15, 0.2) is 36.5 Å². The Morgan fingerprint density at radius 3 is 2.61 bits per heavy atom. The predicted octanol–water partition coefficient (Wildman–Crippen LogP) is 3.94. The molecule has 3 rings (SSSR count). The molecule has 0 bridgehead atoms. The highest BCUT2D eigenvalue weighted by Gasteiger charge is 2.15. The first-order valence-corrected chi connectivity index (χ1v) is 7.72. The van der Waals surface area contributed by atoms with Gasteiger partial charge in [-0.3, -0.25) is 4.79 Å². The van der Waals surface area contributed by atoms with Crippen LogP contribution in [0.1, 0.15) is 28.8 Å². The molecular weight excluding hydrogens is 288 g/mol. The predicted molar refractivity (Wildman–Crippen MR) is 90.8 cm³/mol. The van der Waals surface area contributed by atoms with Gasteiger partial charge in [-0.2, -0.15) is 0 Å². The minimum atomic E-state index is -0.793. The number of benzene rings is 1. The van der Waals surface area contributed by atoms with E-state index in [0.29, 0.717) is 6.42 Å². The number of fused-ring (bicyclic) bond motifs is 1. The Hall–Kier alpha value is -2.62. The molecule has 0 radical (unpaired) electrons. The van der Waals surface area contributed by atoms with Crippen LogP contribution in [-0.4, -0.2) is 20.5 Å². The van der Waals surface area contributed by atoms with Crippen molar-refractivity contribution in [2.45, 2.75) is 33.6 Å². The van der Waals surface area contributed by atoms with Crippen molar-refractivity contribution in [3.63, 3.8) is 0 Å². The fourth-order valence-corrected chi connectivity index (χ4v) is 2.78. The average molecular weight is 308 g/mol. The first kappa shape index (κ1) is 15.3.